The van der Waals surface area contributed by atoms with E-state index >= 15 is 8.78 Å². The van der Waals surface area contributed by atoms with Gasteiger partial charge in [-0.3, -0.25) is 9.58 Å². The number of aryl methyl sites for hydroxylation is 1. The zero-order valence-electron chi connectivity index (χ0n) is 26.5. The minimum absolute atomic E-state index is 0.0206. The summed E-state index contributed by atoms with van der Waals surface area (Å²) < 4.78 is 46.2. The van der Waals surface area contributed by atoms with Crippen molar-refractivity contribution in [2.45, 2.75) is 49.9 Å². The average molecular weight is 652 g/mol. The number of fused-ring (bicyclic) bond motifs is 7. The van der Waals surface area contributed by atoms with E-state index in [-0.39, 0.29) is 40.0 Å². The number of terminal acetylenes is 1. The molecule has 0 spiro atoms. The van der Waals surface area contributed by atoms with Crippen LogP contribution in [0.15, 0.2) is 30.5 Å². The van der Waals surface area contributed by atoms with Crippen LogP contribution in [0.2, 0.25) is 0 Å². The van der Waals surface area contributed by atoms with Crippen LogP contribution in [-0.4, -0.2) is 93.4 Å². The van der Waals surface area contributed by atoms with Gasteiger partial charge in [-0.15, -0.1) is 6.42 Å². The van der Waals surface area contributed by atoms with Gasteiger partial charge in [0, 0.05) is 73.4 Å². The maximum absolute atomic E-state index is 17.5. The van der Waals surface area contributed by atoms with Crippen molar-refractivity contribution in [1.29, 1.82) is 0 Å². The Morgan fingerprint density at radius 2 is 1.92 bits per heavy atom. The zero-order valence-corrected chi connectivity index (χ0v) is 26.5. The SMILES string of the molecule is C#Cc1c(F)ccc2cc(O)cc(-c3c(F)c4nc(OC[C@H]5CC[C@@H]6COCCN65)nc(N5CC6CCC(C5)N6)c4c4cn(C)nc34)c12. The van der Waals surface area contributed by atoms with Gasteiger partial charge >= 0.3 is 6.01 Å². The number of nitrogens with one attached hydrogen (secondary N) is 1. The van der Waals surface area contributed by atoms with Crippen molar-refractivity contribution in [3.63, 3.8) is 0 Å². The summed E-state index contributed by atoms with van der Waals surface area (Å²) in [6.45, 7) is 4.07. The number of aromatic nitrogens is 4. The van der Waals surface area contributed by atoms with Gasteiger partial charge in [0.1, 0.15) is 35.0 Å². The largest absolute Gasteiger partial charge is 0.508 e. The van der Waals surface area contributed by atoms with Gasteiger partial charge < -0.3 is 24.8 Å². The van der Waals surface area contributed by atoms with Crippen molar-refractivity contribution in [2.75, 3.05) is 44.4 Å². The number of rotatable bonds is 5. The number of morpholine rings is 1. The van der Waals surface area contributed by atoms with Gasteiger partial charge in [-0.25, -0.2) is 8.78 Å². The Kier molecular flexibility index (Phi) is 6.93. The van der Waals surface area contributed by atoms with Gasteiger partial charge in [-0.1, -0.05) is 12.0 Å². The average Bonchev–Trinajstić information content (AvgIpc) is 3.78. The summed E-state index contributed by atoms with van der Waals surface area (Å²) in [7, 11) is 1.77. The van der Waals surface area contributed by atoms with Gasteiger partial charge in [0.15, 0.2) is 5.82 Å². The van der Waals surface area contributed by atoms with Crippen molar-refractivity contribution < 1.29 is 23.4 Å². The predicted octanol–water partition coefficient (Wildman–Crippen LogP) is 4.48. The Morgan fingerprint density at radius 3 is 2.73 bits per heavy atom. The van der Waals surface area contributed by atoms with Gasteiger partial charge in [0.25, 0.3) is 0 Å². The van der Waals surface area contributed by atoms with Gasteiger partial charge in [0.05, 0.1) is 24.2 Å². The molecule has 3 aromatic carbocycles. The molecular weight excluding hydrogens is 616 g/mol. The number of nitrogens with zero attached hydrogens (tertiary/aromatic N) is 6. The lowest BCUT2D eigenvalue weighted by Crippen LogP contribution is -2.51. The number of anilines is 1. The van der Waals surface area contributed by atoms with Crippen LogP contribution >= 0.6 is 0 Å². The van der Waals surface area contributed by atoms with E-state index in [4.69, 9.17) is 31.0 Å². The van der Waals surface area contributed by atoms with Crippen molar-refractivity contribution in [3.05, 3.63) is 47.7 Å². The molecule has 246 valence electrons. The third-order valence-electron chi connectivity index (χ3n) is 10.6. The van der Waals surface area contributed by atoms with Crippen molar-refractivity contribution >= 4 is 38.4 Å². The molecule has 0 amide bonds. The van der Waals surface area contributed by atoms with Crippen LogP contribution in [0.4, 0.5) is 14.6 Å². The van der Waals surface area contributed by atoms with E-state index in [1.54, 1.807) is 11.7 Å². The molecule has 9 rings (SSSR count). The highest BCUT2D eigenvalue weighted by atomic mass is 19.1. The van der Waals surface area contributed by atoms with Crippen LogP contribution in [0.1, 0.15) is 31.2 Å². The number of hydrogen-bond acceptors (Lipinski definition) is 9. The molecule has 0 saturated carbocycles. The molecule has 0 radical (unpaired) electrons. The Morgan fingerprint density at radius 1 is 1.08 bits per heavy atom. The topological polar surface area (TPSA) is 101 Å². The molecule has 5 aromatic rings. The molecule has 4 saturated heterocycles. The summed E-state index contributed by atoms with van der Waals surface area (Å²) in [4.78, 5) is 14.4. The molecule has 6 heterocycles. The maximum atomic E-state index is 17.5. The molecule has 12 heteroatoms. The lowest BCUT2D eigenvalue weighted by atomic mass is 9.91. The summed E-state index contributed by atoms with van der Waals surface area (Å²) in [5.41, 5.74) is 0.689. The molecule has 10 nitrogen and oxygen atoms in total. The number of phenolic OH excluding ortho intramolecular Hbond substituents is 1. The lowest BCUT2D eigenvalue weighted by Gasteiger charge is -2.35. The molecule has 2 N–H and O–H groups in total. The normalized spacial score (nSPS) is 24.1. The van der Waals surface area contributed by atoms with Crippen molar-refractivity contribution in [2.24, 2.45) is 7.05 Å². The first-order chi connectivity index (χ1) is 23.4. The first-order valence-corrected chi connectivity index (χ1v) is 16.6. The molecule has 2 bridgehead atoms. The Bertz CT molecular complexity index is 2150. The molecule has 2 aromatic heterocycles. The minimum atomic E-state index is -0.670. The fourth-order valence-corrected chi connectivity index (χ4v) is 8.48. The Hall–Kier alpha value is -4.57. The molecule has 48 heavy (non-hydrogen) atoms. The second-order valence-corrected chi connectivity index (χ2v) is 13.5. The van der Waals surface area contributed by atoms with Crippen molar-refractivity contribution in [1.82, 2.24) is 30.0 Å². The number of aromatic hydroxyl groups is 1. The Balaban J connectivity index is 1.27. The summed E-state index contributed by atoms with van der Waals surface area (Å²) in [5.74, 6) is 1.65. The van der Waals surface area contributed by atoms with Crippen molar-refractivity contribution in [3.8, 4) is 35.2 Å². The summed E-state index contributed by atoms with van der Waals surface area (Å²) in [6, 6.07) is 6.95. The highest BCUT2D eigenvalue weighted by Crippen LogP contribution is 2.45. The quantitative estimate of drug-likeness (QED) is 0.267. The first kappa shape index (κ1) is 29.6. The van der Waals surface area contributed by atoms with E-state index in [1.165, 1.54) is 24.3 Å². The van der Waals surface area contributed by atoms with Crippen LogP contribution in [0.3, 0.4) is 0 Å². The van der Waals surface area contributed by atoms with E-state index in [0.717, 1.165) is 38.8 Å². The fraction of sp³-hybridized carbons (Fsp3) is 0.417. The van der Waals surface area contributed by atoms with Crippen LogP contribution in [0.5, 0.6) is 11.8 Å². The summed E-state index contributed by atoms with van der Waals surface area (Å²) >= 11 is 0. The number of hydrogen-bond donors (Lipinski definition) is 2. The monoisotopic (exact) mass is 651 g/mol. The first-order valence-electron chi connectivity index (χ1n) is 16.6. The molecule has 0 aliphatic carbocycles. The van der Waals surface area contributed by atoms with Gasteiger partial charge in [0.2, 0.25) is 0 Å². The van der Waals surface area contributed by atoms with Crippen LogP contribution < -0.4 is 15.0 Å². The molecular formula is C36H35F2N7O3. The number of halogens is 2. The summed E-state index contributed by atoms with van der Waals surface area (Å²) in [5, 5.41) is 21.1. The van der Waals surface area contributed by atoms with Gasteiger partial charge in [-0.2, -0.15) is 15.1 Å². The second kappa shape index (κ2) is 11.3. The molecule has 2 unspecified atom stereocenters. The van der Waals surface area contributed by atoms with E-state index in [0.29, 0.717) is 77.3 Å². The molecule has 4 aliphatic heterocycles. The summed E-state index contributed by atoms with van der Waals surface area (Å²) in [6.07, 6.45) is 11.8. The number of benzene rings is 3. The number of phenols is 1. The standard InChI is InChI=1S/C36H35F2N7O3/c1-3-25-28(37)9-4-19-12-24(46)13-26(29(19)25)30-32(38)34-31(27-16-43(2)42-33(27)30)35(44-14-20-5-6-21(15-44)39-20)41-36(40-34)48-18-23-8-7-22-17-47-11-10-45(22)23/h1,4,9,12-13,16,20-23,39,46H,5-8,10-11,14-15,17-18H2,2H3/t20?,21?,22-,23-/m1/s1. The van der Waals surface area contributed by atoms with Crippen LogP contribution in [0.25, 0.3) is 43.7 Å². The highest BCUT2D eigenvalue weighted by Gasteiger charge is 2.37. The van der Waals surface area contributed by atoms with Gasteiger partial charge in [-0.05, 0) is 54.8 Å². The van der Waals surface area contributed by atoms with Crippen LogP contribution in [0, 0.1) is 24.0 Å². The molecule has 4 atom stereocenters. The number of piperazine rings is 1. The zero-order chi connectivity index (χ0) is 32.7. The maximum Gasteiger partial charge on any atom is 0.319 e. The third kappa shape index (κ3) is 4.67. The minimum Gasteiger partial charge on any atom is -0.508 e. The number of ether oxygens (including phenoxy) is 2. The van der Waals surface area contributed by atoms with E-state index in [1.807, 2.05) is 6.20 Å². The Labute approximate surface area is 275 Å². The second-order valence-electron chi connectivity index (χ2n) is 13.5. The molecule has 4 fully saturated rings. The van der Waals surface area contributed by atoms with Crippen LogP contribution in [-0.2, 0) is 11.8 Å². The van der Waals surface area contributed by atoms with E-state index < -0.39 is 11.6 Å². The smallest absolute Gasteiger partial charge is 0.319 e. The van der Waals surface area contributed by atoms with E-state index in [9.17, 15) is 5.11 Å². The predicted molar refractivity (Wildman–Crippen MR) is 178 cm³/mol. The fourth-order valence-electron chi connectivity index (χ4n) is 8.48. The lowest BCUT2D eigenvalue weighted by molar-refractivity contribution is -0.0101. The molecule has 4 aliphatic rings. The highest BCUT2D eigenvalue weighted by molar-refractivity contribution is 6.18. The van der Waals surface area contributed by atoms with E-state index in [2.05, 4.69) is 21.0 Å². The third-order valence-corrected chi connectivity index (χ3v) is 10.6.